The third-order valence-corrected chi connectivity index (χ3v) is 5.07. The Morgan fingerprint density at radius 3 is 2.62 bits per heavy atom. The van der Waals surface area contributed by atoms with Gasteiger partial charge in [0.1, 0.15) is 11.6 Å². The van der Waals surface area contributed by atoms with Gasteiger partial charge in [-0.15, -0.1) is 0 Å². The van der Waals surface area contributed by atoms with Gasteiger partial charge in [0.15, 0.2) is 0 Å². The number of carbonyl (C=O) groups excluding carboxylic acids is 3. The number of urea groups is 1. The lowest BCUT2D eigenvalue weighted by molar-refractivity contribution is -0.136. The van der Waals surface area contributed by atoms with Crippen LogP contribution in [0.4, 0.5) is 10.5 Å². The van der Waals surface area contributed by atoms with Crippen molar-refractivity contribution in [3.8, 4) is 6.07 Å². The van der Waals surface area contributed by atoms with Gasteiger partial charge in [0.25, 0.3) is 5.91 Å². The number of hydrogen-bond donors (Lipinski definition) is 2. The van der Waals surface area contributed by atoms with Gasteiger partial charge in [-0.2, -0.15) is 5.26 Å². The van der Waals surface area contributed by atoms with Crippen LogP contribution in [0.3, 0.4) is 0 Å². The maximum Gasteiger partial charge on any atom is 0.325 e. The number of rotatable bonds is 6. The Bertz CT molecular complexity index is 983. The topological polar surface area (TPSA) is 102 Å². The molecule has 0 spiro atoms. The largest absolute Gasteiger partial charge is 0.325 e. The highest BCUT2D eigenvalue weighted by molar-refractivity contribution is 6.11. The van der Waals surface area contributed by atoms with Gasteiger partial charge in [0.05, 0.1) is 11.6 Å². The smallest absolute Gasteiger partial charge is 0.324 e. The normalized spacial score (nSPS) is 19.4. The number of nitriles is 1. The molecule has 0 aliphatic carbocycles. The predicted molar refractivity (Wildman–Crippen MR) is 108 cm³/mol. The Balaban J connectivity index is 1.69. The van der Waals surface area contributed by atoms with Crippen molar-refractivity contribution in [3.63, 3.8) is 0 Å². The molecule has 1 aliphatic rings. The first kappa shape index (κ1) is 20.1. The molecule has 0 aromatic heterocycles. The Hall–Kier alpha value is -3.66. The van der Waals surface area contributed by atoms with E-state index in [9.17, 15) is 14.4 Å². The molecule has 2 aromatic rings. The lowest BCUT2D eigenvalue weighted by Gasteiger charge is -2.24. The number of hydrogen-bond acceptors (Lipinski definition) is 4. The van der Waals surface area contributed by atoms with Gasteiger partial charge in [-0.1, -0.05) is 36.4 Å². The third-order valence-electron chi connectivity index (χ3n) is 5.07. The summed E-state index contributed by atoms with van der Waals surface area (Å²) in [6.45, 7) is 3.18. The number of imide groups is 1. The minimum Gasteiger partial charge on any atom is -0.324 e. The Kier molecular flexibility index (Phi) is 5.64. The summed E-state index contributed by atoms with van der Waals surface area (Å²) in [7, 11) is 0. The maximum absolute atomic E-state index is 13.0. The molecular weight excluding hydrogens is 368 g/mol. The molecule has 1 heterocycles. The summed E-state index contributed by atoms with van der Waals surface area (Å²) >= 11 is 0. The SMILES string of the molecule is C[C@H](C(=O)Nc1cccc(C#N)c1)N1C(=O)N[C@@](C)(CCc2ccccc2)C1=O. The molecule has 0 saturated carbocycles. The van der Waals surface area contributed by atoms with Crippen LogP contribution in [-0.4, -0.2) is 34.3 Å². The van der Waals surface area contributed by atoms with Gasteiger partial charge in [0, 0.05) is 5.69 Å². The molecule has 2 aromatic carbocycles. The summed E-state index contributed by atoms with van der Waals surface area (Å²) in [6.07, 6.45) is 1.05. The van der Waals surface area contributed by atoms with Crippen molar-refractivity contribution >= 4 is 23.5 Å². The summed E-state index contributed by atoms with van der Waals surface area (Å²) < 4.78 is 0. The summed E-state index contributed by atoms with van der Waals surface area (Å²) in [5.74, 6) is -0.928. The second kappa shape index (κ2) is 8.15. The fourth-order valence-electron chi connectivity index (χ4n) is 3.30. The van der Waals surface area contributed by atoms with Crippen molar-refractivity contribution in [1.29, 1.82) is 5.26 Å². The molecular formula is C22H22N4O3. The van der Waals surface area contributed by atoms with E-state index in [0.29, 0.717) is 24.1 Å². The first-order valence-corrected chi connectivity index (χ1v) is 9.35. The van der Waals surface area contributed by atoms with Crippen LogP contribution in [-0.2, 0) is 16.0 Å². The van der Waals surface area contributed by atoms with Crippen LogP contribution in [0.1, 0.15) is 31.4 Å². The van der Waals surface area contributed by atoms with Crippen molar-refractivity contribution in [2.45, 2.75) is 38.3 Å². The molecule has 7 heteroatoms. The molecule has 0 radical (unpaired) electrons. The van der Waals surface area contributed by atoms with Crippen molar-refractivity contribution in [2.24, 2.45) is 0 Å². The fourth-order valence-corrected chi connectivity index (χ4v) is 3.30. The number of carbonyl (C=O) groups is 3. The fraction of sp³-hybridized carbons (Fsp3) is 0.273. The Labute approximate surface area is 169 Å². The average Bonchev–Trinajstić information content (AvgIpc) is 2.95. The molecule has 0 unspecified atom stereocenters. The molecule has 4 amide bonds. The monoisotopic (exact) mass is 390 g/mol. The van der Waals surface area contributed by atoms with E-state index in [1.54, 1.807) is 25.1 Å². The summed E-state index contributed by atoms with van der Waals surface area (Å²) in [4.78, 5) is 39.0. The molecule has 148 valence electrons. The van der Waals surface area contributed by atoms with E-state index in [4.69, 9.17) is 5.26 Å². The first-order chi connectivity index (χ1) is 13.8. The van der Waals surface area contributed by atoms with Crippen molar-refractivity contribution < 1.29 is 14.4 Å². The number of anilines is 1. The van der Waals surface area contributed by atoms with E-state index in [0.717, 1.165) is 10.5 Å². The molecule has 29 heavy (non-hydrogen) atoms. The zero-order valence-corrected chi connectivity index (χ0v) is 16.3. The number of nitrogens with one attached hydrogen (secondary N) is 2. The van der Waals surface area contributed by atoms with Gasteiger partial charge < -0.3 is 10.6 Å². The summed E-state index contributed by atoms with van der Waals surface area (Å²) in [5.41, 5.74) is 0.832. The lowest BCUT2D eigenvalue weighted by atomic mass is 9.93. The minimum atomic E-state index is -1.07. The van der Waals surface area contributed by atoms with Gasteiger partial charge in [-0.25, -0.2) is 9.69 Å². The quantitative estimate of drug-likeness (QED) is 0.741. The highest BCUT2D eigenvalue weighted by atomic mass is 16.2. The van der Waals surface area contributed by atoms with E-state index >= 15 is 0 Å². The highest BCUT2D eigenvalue weighted by Crippen LogP contribution is 2.25. The van der Waals surface area contributed by atoms with Gasteiger partial charge >= 0.3 is 6.03 Å². The van der Waals surface area contributed by atoms with Crippen LogP contribution in [0, 0.1) is 11.3 Å². The molecule has 0 bridgehead atoms. The van der Waals surface area contributed by atoms with Gasteiger partial charge in [-0.05, 0) is 50.5 Å². The van der Waals surface area contributed by atoms with Crippen LogP contribution >= 0.6 is 0 Å². The average molecular weight is 390 g/mol. The second-order valence-electron chi connectivity index (χ2n) is 7.28. The summed E-state index contributed by atoms with van der Waals surface area (Å²) in [5, 5.41) is 14.4. The van der Waals surface area contributed by atoms with Crippen LogP contribution in [0.5, 0.6) is 0 Å². The standard InChI is InChI=1S/C22H22N4O3/c1-15(19(27)24-18-10-6-9-17(13-18)14-23)26-20(28)22(2,25-21(26)29)12-11-16-7-4-3-5-8-16/h3-10,13,15H,11-12H2,1-2H3,(H,24,27)(H,25,29)/t15-,22+/m1/s1. The van der Waals surface area contributed by atoms with Crippen LogP contribution in [0.25, 0.3) is 0 Å². The number of amides is 4. The van der Waals surface area contributed by atoms with Crippen LogP contribution in [0.15, 0.2) is 54.6 Å². The van der Waals surface area contributed by atoms with E-state index in [1.165, 1.54) is 13.0 Å². The summed E-state index contributed by atoms with van der Waals surface area (Å²) in [6, 6.07) is 16.6. The molecule has 2 N–H and O–H groups in total. The molecule has 3 rings (SSSR count). The van der Waals surface area contributed by atoms with Gasteiger partial charge in [-0.3, -0.25) is 9.59 Å². The lowest BCUT2D eigenvalue weighted by Crippen LogP contribution is -2.48. The van der Waals surface area contributed by atoms with E-state index in [1.807, 2.05) is 36.4 Å². The highest BCUT2D eigenvalue weighted by Gasteiger charge is 2.50. The number of aryl methyl sites for hydroxylation is 1. The van der Waals surface area contributed by atoms with Crippen molar-refractivity contribution in [2.75, 3.05) is 5.32 Å². The van der Waals surface area contributed by atoms with Crippen LogP contribution in [0.2, 0.25) is 0 Å². The zero-order valence-electron chi connectivity index (χ0n) is 16.3. The zero-order chi connectivity index (χ0) is 21.0. The number of benzene rings is 2. The maximum atomic E-state index is 13.0. The van der Waals surface area contributed by atoms with E-state index in [-0.39, 0.29) is 0 Å². The molecule has 1 aliphatic heterocycles. The van der Waals surface area contributed by atoms with Gasteiger partial charge in [0.2, 0.25) is 5.91 Å². The van der Waals surface area contributed by atoms with Crippen molar-refractivity contribution in [1.82, 2.24) is 10.2 Å². The Morgan fingerprint density at radius 2 is 1.93 bits per heavy atom. The van der Waals surface area contributed by atoms with Crippen molar-refractivity contribution in [3.05, 3.63) is 65.7 Å². The molecule has 1 fully saturated rings. The van der Waals surface area contributed by atoms with E-state index in [2.05, 4.69) is 10.6 Å². The molecule has 2 atom stereocenters. The first-order valence-electron chi connectivity index (χ1n) is 9.35. The Morgan fingerprint density at radius 1 is 1.21 bits per heavy atom. The minimum absolute atomic E-state index is 0.402. The number of nitrogens with zero attached hydrogens (tertiary/aromatic N) is 2. The van der Waals surface area contributed by atoms with Crippen LogP contribution < -0.4 is 10.6 Å². The second-order valence-corrected chi connectivity index (χ2v) is 7.28. The van der Waals surface area contributed by atoms with E-state index < -0.39 is 29.4 Å². The molecule has 7 nitrogen and oxygen atoms in total. The third kappa shape index (κ3) is 4.27. The predicted octanol–water partition coefficient (Wildman–Crippen LogP) is 2.83. The molecule has 1 saturated heterocycles.